The van der Waals surface area contributed by atoms with Gasteiger partial charge < -0.3 is 4.90 Å². The highest BCUT2D eigenvalue weighted by molar-refractivity contribution is 7.09. The second kappa shape index (κ2) is 8.67. The molecule has 2 saturated heterocycles. The normalized spacial score (nSPS) is 20.3. The lowest BCUT2D eigenvalue weighted by atomic mass is 10.0. The van der Waals surface area contributed by atoms with Gasteiger partial charge in [0.05, 0.1) is 0 Å². The van der Waals surface area contributed by atoms with Crippen LogP contribution in [0.5, 0.6) is 0 Å². The highest BCUT2D eigenvalue weighted by Gasteiger charge is 2.28. The fourth-order valence-corrected chi connectivity index (χ4v) is 5.07. The van der Waals surface area contributed by atoms with E-state index in [1.165, 1.54) is 43.9 Å². The molecule has 4 rings (SSSR count). The van der Waals surface area contributed by atoms with Gasteiger partial charge in [0.25, 0.3) is 0 Å². The van der Waals surface area contributed by atoms with Crippen LogP contribution in [0.4, 0.5) is 5.82 Å². The van der Waals surface area contributed by atoms with Gasteiger partial charge in [0.1, 0.15) is 11.6 Å². The molecular weight excluding hydrogens is 354 g/mol. The van der Waals surface area contributed by atoms with E-state index in [0.29, 0.717) is 0 Å². The van der Waals surface area contributed by atoms with Crippen molar-refractivity contribution in [1.29, 1.82) is 0 Å². The molecule has 2 aromatic heterocycles. The summed E-state index contributed by atoms with van der Waals surface area (Å²) < 4.78 is 0. The van der Waals surface area contributed by atoms with Crippen LogP contribution in [0.1, 0.15) is 36.2 Å². The fraction of sp³-hybridized carbons (Fsp3) is 0.619. The van der Waals surface area contributed by atoms with Crippen LogP contribution >= 0.6 is 11.3 Å². The Labute approximate surface area is 167 Å². The molecule has 0 unspecified atom stereocenters. The van der Waals surface area contributed by atoms with Gasteiger partial charge in [-0.1, -0.05) is 13.0 Å². The third-order valence-electron chi connectivity index (χ3n) is 5.91. The molecule has 2 aliphatic heterocycles. The van der Waals surface area contributed by atoms with Gasteiger partial charge in [-0.15, -0.1) is 11.3 Å². The van der Waals surface area contributed by atoms with Crippen LogP contribution < -0.4 is 4.90 Å². The molecule has 6 heteroatoms. The van der Waals surface area contributed by atoms with E-state index in [0.717, 1.165) is 49.4 Å². The summed E-state index contributed by atoms with van der Waals surface area (Å²) in [6.45, 7) is 12.3. The van der Waals surface area contributed by atoms with E-state index in [4.69, 9.17) is 0 Å². The molecule has 0 amide bonds. The van der Waals surface area contributed by atoms with E-state index in [2.05, 4.69) is 55.2 Å². The van der Waals surface area contributed by atoms with E-state index in [-0.39, 0.29) is 0 Å². The SMILES string of the molecule is CCc1cc(N2CCC(N3CCN(Cc4cccs4)CC3)CC2)nc(C)n1. The average molecular weight is 386 g/mol. The Kier molecular flexibility index (Phi) is 6.05. The Morgan fingerprint density at radius 3 is 2.52 bits per heavy atom. The van der Waals surface area contributed by atoms with Gasteiger partial charge in [0.15, 0.2) is 0 Å². The largest absolute Gasteiger partial charge is 0.356 e. The Morgan fingerprint density at radius 2 is 1.85 bits per heavy atom. The van der Waals surface area contributed by atoms with Crippen molar-refractivity contribution in [3.63, 3.8) is 0 Å². The minimum Gasteiger partial charge on any atom is -0.356 e. The maximum atomic E-state index is 4.68. The van der Waals surface area contributed by atoms with Gasteiger partial charge >= 0.3 is 0 Å². The topological polar surface area (TPSA) is 35.5 Å². The van der Waals surface area contributed by atoms with Gasteiger partial charge in [-0.3, -0.25) is 9.80 Å². The number of piperazine rings is 1. The maximum Gasteiger partial charge on any atom is 0.132 e. The van der Waals surface area contributed by atoms with Gasteiger partial charge in [-0.25, -0.2) is 9.97 Å². The predicted octanol–water partition coefficient (Wildman–Crippen LogP) is 3.20. The first-order chi connectivity index (χ1) is 13.2. The van der Waals surface area contributed by atoms with Gasteiger partial charge in [-0.05, 0) is 37.6 Å². The monoisotopic (exact) mass is 385 g/mol. The second-order valence-corrected chi connectivity index (χ2v) is 8.76. The average Bonchev–Trinajstić information content (AvgIpc) is 3.21. The lowest BCUT2D eigenvalue weighted by Gasteiger charge is -2.43. The van der Waals surface area contributed by atoms with Gasteiger partial charge in [0.2, 0.25) is 0 Å². The summed E-state index contributed by atoms with van der Waals surface area (Å²) in [5.74, 6) is 2.02. The molecule has 0 N–H and O–H groups in total. The summed E-state index contributed by atoms with van der Waals surface area (Å²) in [5, 5.41) is 2.18. The molecule has 0 saturated carbocycles. The van der Waals surface area contributed by atoms with E-state index in [1.807, 2.05) is 18.3 Å². The molecule has 2 aromatic rings. The molecule has 0 radical (unpaired) electrons. The summed E-state index contributed by atoms with van der Waals surface area (Å²) >= 11 is 1.88. The Balaban J connectivity index is 1.27. The summed E-state index contributed by atoms with van der Waals surface area (Å²) in [6.07, 6.45) is 3.47. The van der Waals surface area contributed by atoms with Crippen LogP contribution in [-0.2, 0) is 13.0 Å². The Bertz CT molecular complexity index is 716. The number of aryl methyl sites for hydroxylation is 2. The van der Waals surface area contributed by atoms with Crippen LogP contribution in [0.2, 0.25) is 0 Å². The molecule has 146 valence electrons. The zero-order chi connectivity index (χ0) is 18.6. The standard InChI is InChI=1S/C21H31N5S/c1-3-18-15-21(23-17(2)22-18)26-8-6-19(7-9-26)25-12-10-24(11-13-25)16-20-5-4-14-27-20/h4-5,14-15,19H,3,6-13,16H2,1-2H3. The van der Waals surface area contributed by atoms with Crippen molar-refractivity contribution in [1.82, 2.24) is 19.8 Å². The summed E-state index contributed by atoms with van der Waals surface area (Å²) in [4.78, 5) is 18.5. The van der Waals surface area contributed by atoms with E-state index >= 15 is 0 Å². The summed E-state index contributed by atoms with van der Waals surface area (Å²) in [7, 11) is 0. The van der Waals surface area contributed by atoms with E-state index in [1.54, 1.807) is 0 Å². The number of piperidine rings is 1. The number of hydrogen-bond donors (Lipinski definition) is 0. The first-order valence-electron chi connectivity index (χ1n) is 10.3. The van der Waals surface area contributed by atoms with Gasteiger partial charge in [0, 0.05) is 68.5 Å². The summed E-state index contributed by atoms with van der Waals surface area (Å²) in [6, 6.07) is 7.33. The fourth-order valence-electron chi connectivity index (χ4n) is 4.32. The van der Waals surface area contributed by atoms with Crippen molar-refractivity contribution < 1.29 is 0 Å². The molecule has 0 aromatic carbocycles. The highest BCUT2D eigenvalue weighted by Crippen LogP contribution is 2.23. The molecule has 0 aliphatic carbocycles. The van der Waals surface area contributed by atoms with Gasteiger partial charge in [-0.2, -0.15) is 0 Å². The predicted molar refractivity (Wildman–Crippen MR) is 113 cm³/mol. The second-order valence-electron chi connectivity index (χ2n) is 7.73. The van der Waals surface area contributed by atoms with Crippen molar-refractivity contribution in [3.05, 3.63) is 40.0 Å². The van der Waals surface area contributed by atoms with Crippen molar-refractivity contribution in [2.24, 2.45) is 0 Å². The van der Waals surface area contributed by atoms with E-state index < -0.39 is 0 Å². The zero-order valence-electron chi connectivity index (χ0n) is 16.6. The third kappa shape index (κ3) is 4.68. The van der Waals surface area contributed by atoms with Crippen molar-refractivity contribution >= 4 is 17.2 Å². The van der Waals surface area contributed by atoms with Crippen LogP contribution in [0.15, 0.2) is 23.6 Å². The molecule has 0 bridgehead atoms. The lowest BCUT2D eigenvalue weighted by Crippen LogP contribution is -2.53. The quantitative estimate of drug-likeness (QED) is 0.790. The highest BCUT2D eigenvalue weighted by atomic mass is 32.1. The van der Waals surface area contributed by atoms with Crippen LogP contribution in [0, 0.1) is 6.92 Å². The Morgan fingerprint density at radius 1 is 1.07 bits per heavy atom. The molecule has 2 fully saturated rings. The maximum absolute atomic E-state index is 4.68. The molecule has 0 spiro atoms. The minimum atomic E-state index is 0.735. The number of anilines is 1. The molecule has 5 nitrogen and oxygen atoms in total. The number of nitrogens with zero attached hydrogens (tertiary/aromatic N) is 5. The smallest absolute Gasteiger partial charge is 0.132 e. The van der Waals surface area contributed by atoms with Crippen molar-refractivity contribution in [2.45, 2.75) is 45.7 Å². The van der Waals surface area contributed by atoms with Crippen molar-refractivity contribution in [3.8, 4) is 0 Å². The third-order valence-corrected chi connectivity index (χ3v) is 6.77. The van der Waals surface area contributed by atoms with E-state index in [9.17, 15) is 0 Å². The first-order valence-corrected chi connectivity index (χ1v) is 11.2. The number of rotatable bonds is 5. The zero-order valence-corrected chi connectivity index (χ0v) is 17.4. The number of thiophene rings is 1. The number of aromatic nitrogens is 2. The van der Waals surface area contributed by atoms with Crippen molar-refractivity contribution in [2.75, 3.05) is 44.2 Å². The molecule has 0 atom stereocenters. The first kappa shape index (κ1) is 18.8. The van der Waals surface area contributed by atoms with Crippen LogP contribution in [0.3, 0.4) is 0 Å². The molecule has 2 aliphatic rings. The molecule has 27 heavy (non-hydrogen) atoms. The Hall–Kier alpha value is -1.50. The molecular formula is C21H31N5S. The number of hydrogen-bond acceptors (Lipinski definition) is 6. The summed E-state index contributed by atoms with van der Waals surface area (Å²) in [5.41, 5.74) is 1.15. The molecule has 4 heterocycles. The van der Waals surface area contributed by atoms with Crippen LogP contribution in [-0.4, -0.2) is 65.1 Å². The minimum absolute atomic E-state index is 0.735. The lowest BCUT2D eigenvalue weighted by molar-refractivity contribution is 0.0816. The van der Waals surface area contributed by atoms with Crippen LogP contribution in [0.25, 0.3) is 0 Å².